The second kappa shape index (κ2) is 11.3. The normalized spacial score (nSPS) is 10.5. The van der Waals surface area contributed by atoms with Crippen LogP contribution in [0.15, 0.2) is 36.7 Å². The van der Waals surface area contributed by atoms with E-state index in [2.05, 4.69) is 20.6 Å². The smallest absolute Gasteiger partial charge is 0.239 e. The molecule has 174 valence electrons. The number of nitrogens with one attached hydrogen (secondary N) is 2. The van der Waals surface area contributed by atoms with E-state index in [1.807, 2.05) is 19.1 Å². The molecule has 11 heteroatoms. The first kappa shape index (κ1) is 24.7. The van der Waals surface area contributed by atoms with Crippen molar-refractivity contribution in [1.29, 1.82) is 0 Å². The summed E-state index contributed by atoms with van der Waals surface area (Å²) in [5.41, 5.74) is 2.63. The van der Waals surface area contributed by atoms with Gasteiger partial charge in [-0.15, -0.1) is 11.6 Å². The van der Waals surface area contributed by atoms with E-state index < -0.39 is 0 Å². The summed E-state index contributed by atoms with van der Waals surface area (Å²) in [6.45, 7) is 1.94. The SMILES string of the molecule is COc1cc(OC)c(Cl)c(COc2cnc(Nc3c(C)cccc3NC(=O)CCl)nc2)c1Cl. The highest BCUT2D eigenvalue weighted by Gasteiger charge is 2.18. The van der Waals surface area contributed by atoms with Gasteiger partial charge in [-0.05, 0) is 18.6 Å². The number of methoxy groups -OCH3 is 2. The number of ether oxygens (including phenoxy) is 3. The number of carbonyl (C=O) groups is 1. The fraction of sp³-hybridized carbons (Fsp3) is 0.227. The maximum absolute atomic E-state index is 11.7. The zero-order chi connectivity index (χ0) is 24.0. The van der Waals surface area contributed by atoms with Crippen molar-refractivity contribution < 1.29 is 19.0 Å². The number of anilines is 3. The number of nitrogens with zero attached hydrogens (tertiary/aromatic N) is 2. The number of hydrogen-bond donors (Lipinski definition) is 2. The van der Waals surface area contributed by atoms with E-state index in [9.17, 15) is 4.79 Å². The number of benzene rings is 2. The molecule has 3 aromatic rings. The molecule has 0 unspecified atom stereocenters. The second-order valence-electron chi connectivity index (χ2n) is 6.72. The Morgan fingerprint density at radius 1 is 1.06 bits per heavy atom. The summed E-state index contributed by atoms with van der Waals surface area (Å²) in [5.74, 6) is 1.09. The van der Waals surface area contributed by atoms with Gasteiger partial charge >= 0.3 is 0 Å². The lowest BCUT2D eigenvalue weighted by Gasteiger charge is -2.16. The van der Waals surface area contributed by atoms with E-state index in [-0.39, 0.29) is 18.4 Å². The number of alkyl halides is 1. The van der Waals surface area contributed by atoms with Gasteiger partial charge in [0.15, 0.2) is 5.75 Å². The quantitative estimate of drug-likeness (QED) is 0.361. The summed E-state index contributed by atoms with van der Waals surface area (Å²) < 4.78 is 16.3. The van der Waals surface area contributed by atoms with Crippen LogP contribution >= 0.6 is 34.8 Å². The number of para-hydroxylation sites is 1. The first-order valence-corrected chi connectivity index (χ1v) is 10.9. The van der Waals surface area contributed by atoms with Crippen LogP contribution in [0.4, 0.5) is 17.3 Å². The zero-order valence-corrected chi connectivity index (χ0v) is 20.3. The van der Waals surface area contributed by atoms with Crippen molar-refractivity contribution in [2.45, 2.75) is 13.5 Å². The highest BCUT2D eigenvalue weighted by Crippen LogP contribution is 2.40. The summed E-state index contributed by atoms with van der Waals surface area (Å²) in [7, 11) is 3.00. The average Bonchev–Trinajstić information content (AvgIpc) is 2.82. The molecule has 0 bridgehead atoms. The monoisotopic (exact) mass is 510 g/mol. The topological polar surface area (TPSA) is 94.6 Å². The molecule has 2 N–H and O–H groups in total. The molecular weight excluding hydrogens is 491 g/mol. The molecular formula is C22H21Cl3N4O4. The van der Waals surface area contributed by atoms with Crippen LogP contribution in [0, 0.1) is 6.92 Å². The summed E-state index contributed by atoms with van der Waals surface area (Å²) >= 11 is 18.4. The minimum Gasteiger partial charge on any atom is -0.495 e. The van der Waals surface area contributed by atoms with Crippen molar-refractivity contribution in [2.75, 3.05) is 30.7 Å². The number of halogens is 3. The Morgan fingerprint density at radius 3 is 2.27 bits per heavy atom. The predicted octanol–water partition coefficient (Wildman–Crippen LogP) is 5.61. The van der Waals surface area contributed by atoms with E-state index in [0.717, 1.165) is 5.56 Å². The molecule has 0 spiro atoms. The summed E-state index contributed by atoms with van der Waals surface area (Å²) in [4.78, 5) is 20.3. The summed E-state index contributed by atoms with van der Waals surface area (Å²) in [6, 6.07) is 7.08. The number of aromatic nitrogens is 2. The number of amides is 1. The number of carbonyl (C=O) groups excluding carboxylic acids is 1. The first-order valence-electron chi connectivity index (χ1n) is 9.64. The van der Waals surface area contributed by atoms with Crippen molar-refractivity contribution >= 4 is 58.0 Å². The standard InChI is InChI=1S/C22H21Cl3N4O4/c1-12-5-4-6-15(28-18(30)8-23)21(12)29-22-26-9-13(10-27-22)33-11-14-19(24)16(31-2)7-17(32-3)20(14)25/h4-7,9-10H,8,11H2,1-3H3,(H,28,30)(H,26,27,29). The lowest BCUT2D eigenvalue weighted by molar-refractivity contribution is -0.113. The van der Waals surface area contributed by atoms with Gasteiger partial charge in [0.05, 0.1) is 48.0 Å². The van der Waals surface area contributed by atoms with Gasteiger partial charge in [-0.1, -0.05) is 35.3 Å². The van der Waals surface area contributed by atoms with Crippen molar-refractivity contribution in [3.63, 3.8) is 0 Å². The maximum atomic E-state index is 11.7. The molecule has 3 rings (SSSR count). The third-order valence-corrected chi connectivity index (χ3v) is 5.65. The van der Waals surface area contributed by atoms with E-state index in [1.54, 1.807) is 12.1 Å². The van der Waals surface area contributed by atoms with Crippen LogP contribution in [0.3, 0.4) is 0 Å². The van der Waals surface area contributed by atoms with Gasteiger partial charge in [-0.3, -0.25) is 4.79 Å². The molecule has 0 fully saturated rings. The molecule has 0 aliphatic rings. The molecule has 8 nitrogen and oxygen atoms in total. The Labute approximate surface area is 206 Å². The largest absolute Gasteiger partial charge is 0.495 e. The third kappa shape index (κ3) is 5.90. The molecule has 0 aliphatic heterocycles. The Bertz CT molecular complexity index is 1120. The van der Waals surface area contributed by atoms with Gasteiger partial charge in [0.2, 0.25) is 11.9 Å². The van der Waals surface area contributed by atoms with Crippen LogP contribution < -0.4 is 24.8 Å². The molecule has 1 amide bonds. The Kier molecular flexibility index (Phi) is 8.43. The van der Waals surface area contributed by atoms with E-state index in [0.29, 0.717) is 50.2 Å². The summed E-state index contributed by atoms with van der Waals surface area (Å²) in [6.07, 6.45) is 3.01. The van der Waals surface area contributed by atoms with Gasteiger partial charge in [-0.25, -0.2) is 9.97 Å². The Hall–Kier alpha value is -2.94. The predicted molar refractivity (Wildman–Crippen MR) is 130 cm³/mol. The highest BCUT2D eigenvalue weighted by atomic mass is 35.5. The molecule has 0 saturated carbocycles. The minimum atomic E-state index is -0.318. The molecule has 0 aliphatic carbocycles. The van der Waals surface area contributed by atoms with Crippen molar-refractivity contribution in [3.05, 3.63) is 57.8 Å². The fourth-order valence-corrected chi connectivity index (χ4v) is 3.58. The first-order chi connectivity index (χ1) is 15.9. The molecule has 1 aromatic heterocycles. The van der Waals surface area contributed by atoms with E-state index in [4.69, 9.17) is 49.0 Å². The lowest BCUT2D eigenvalue weighted by atomic mass is 10.1. The van der Waals surface area contributed by atoms with Crippen molar-refractivity contribution in [3.8, 4) is 17.2 Å². The molecule has 0 radical (unpaired) electrons. The lowest BCUT2D eigenvalue weighted by Crippen LogP contribution is -2.14. The molecule has 2 aromatic carbocycles. The van der Waals surface area contributed by atoms with Crippen LogP contribution in [0.2, 0.25) is 10.0 Å². The van der Waals surface area contributed by atoms with Crippen LogP contribution in [0.25, 0.3) is 0 Å². The van der Waals surface area contributed by atoms with Gasteiger partial charge in [0.25, 0.3) is 0 Å². The molecule has 0 saturated heterocycles. The Morgan fingerprint density at radius 2 is 1.70 bits per heavy atom. The van der Waals surface area contributed by atoms with Crippen molar-refractivity contribution in [1.82, 2.24) is 9.97 Å². The average molecular weight is 512 g/mol. The van der Waals surface area contributed by atoms with Gasteiger partial charge in [0, 0.05) is 11.6 Å². The zero-order valence-electron chi connectivity index (χ0n) is 18.0. The fourth-order valence-electron chi connectivity index (χ4n) is 2.91. The van der Waals surface area contributed by atoms with Gasteiger partial charge in [0.1, 0.15) is 24.0 Å². The van der Waals surface area contributed by atoms with Gasteiger partial charge < -0.3 is 24.8 Å². The molecule has 33 heavy (non-hydrogen) atoms. The van der Waals surface area contributed by atoms with Crippen LogP contribution in [-0.4, -0.2) is 36.0 Å². The summed E-state index contributed by atoms with van der Waals surface area (Å²) in [5, 5.41) is 6.50. The molecule has 0 atom stereocenters. The van der Waals surface area contributed by atoms with Crippen LogP contribution in [0.5, 0.6) is 17.2 Å². The second-order valence-corrected chi connectivity index (χ2v) is 7.75. The van der Waals surface area contributed by atoms with E-state index >= 15 is 0 Å². The van der Waals surface area contributed by atoms with Crippen molar-refractivity contribution in [2.24, 2.45) is 0 Å². The van der Waals surface area contributed by atoms with Crippen LogP contribution in [-0.2, 0) is 11.4 Å². The third-order valence-electron chi connectivity index (χ3n) is 4.58. The minimum absolute atomic E-state index is 0.0494. The number of rotatable bonds is 9. The number of hydrogen-bond acceptors (Lipinski definition) is 7. The Balaban J connectivity index is 1.75. The number of aryl methyl sites for hydroxylation is 1. The maximum Gasteiger partial charge on any atom is 0.239 e. The van der Waals surface area contributed by atoms with E-state index in [1.165, 1.54) is 26.6 Å². The van der Waals surface area contributed by atoms with Crippen LogP contribution in [0.1, 0.15) is 11.1 Å². The van der Waals surface area contributed by atoms with Gasteiger partial charge in [-0.2, -0.15) is 0 Å². The molecule has 1 heterocycles. The highest BCUT2D eigenvalue weighted by molar-refractivity contribution is 6.37.